The summed E-state index contributed by atoms with van der Waals surface area (Å²) in [6, 6.07) is 5.86. The molecule has 1 aromatic carbocycles. The van der Waals surface area contributed by atoms with Crippen molar-refractivity contribution in [2.24, 2.45) is 5.92 Å². The van der Waals surface area contributed by atoms with Gasteiger partial charge in [-0.05, 0) is 30.7 Å². The molecule has 20 heavy (non-hydrogen) atoms. The van der Waals surface area contributed by atoms with E-state index in [2.05, 4.69) is 24.5 Å². The van der Waals surface area contributed by atoms with Crippen molar-refractivity contribution in [2.75, 3.05) is 32.1 Å². The van der Waals surface area contributed by atoms with Crippen LogP contribution in [0.25, 0.3) is 0 Å². The number of hydrogen-bond donors (Lipinski definition) is 2. The van der Waals surface area contributed by atoms with Gasteiger partial charge in [0.15, 0.2) is 0 Å². The van der Waals surface area contributed by atoms with Crippen molar-refractivity contribution < 1.29 is 4.79 Å². The first kappa shape index (κ1) is 16.8. The van der Waals surface area contributed by atoms with Gasteiger partial charge >= 0.3 is 0 Å². The maximum absolute atomic E-state index is 11.8. The summed E-state index contributed by atoms with van der Waals surface area (Å²) in [5, 5.41) is 6.69. The summed E-state index contributed by atoms with van der Waals surface area (Å²) in [5.41, 5.74) is 1.99. The number of likely N-dealkylation sites (N-methyl/N-ethyl adjacent to an activating group) is 1. The van der Waals surface area contributed by atoms with Crippen LogP contribution in [0.1, 0.15) is 19.4 Å². The van der Waals surface area contributed by atoms with Crippen LogP contribution in [-0.2, 0) is 11.3 Å². The molecule has 0 saturated heterocycles. The van der Waals surface area contributed by atoms with Gasteiger partial charge in [0, 0.05) is 30.8 Å². The highest BCUT2D eigenvalue weighted by atomic mass is 35.5. The number of amides is 1. The lowest BCUT2D eigenvalue weighted by molar-refractivity contribution is -0.119. The van der Waals surface area contributed by atoms with Crippen LogP contribution in [0.3, 0.4) is 0 Å². The van der Waals surface area contributed by atoms with Gasteiger partial charge in [-0.25, -0.2) is 0 Å². The lowest BCUT2D eigenvalue weighted by Crippen LogP contribution is -2.36. The highest BCUT2D eigenvalue weighted by molar-refractivity contribution is 6.31. The van der Waals surface area contributed by atoms with Crippen molar-refractivity contribution in [1.29, 1.82) is 0 Å². The molecule has 0 atom stereocenters. The summed E-state index contributed by atoms with van der Waals surface area (Å²) in [4.78, 5) is 13.7. The van der Waals surface area contributed by atoms with Crippen molar-refractivity contribution in [1.82, 2.24) is 10.6 Å². The Balaban J connectivity index is 2.61. The Kier molecular flexibility index (Phi) is 6.82. The zero-order valence-electron chi connectivity index (χ0n) is 12.7. The van der Waals surface area contributed by atoms with E-state index in [-0.39, 0.29) is 5.91 Å². The van der Waals surface area contributed by atoms with E-state index < -0.39 is 0 Å². The Hall–Kier alpha value is -1.26. The fraction of sp³-hybridized carbons (Fsp3) is 0.533. The van der Waals surface area contributed by atoms with Crippen LogP contribution in [0.5, 0.6) is 0 Å². The van der Waals surface area contributed by atoms with Crippen molar-refractivity contribution in [3.63, 3.8) is 0 Å². The van der Waals surface area contributed by atoms with E-state index in [0.29, 0.717) is 24.0 Å². The zero-order chi connectivity index (χ0) is 15.1. The number of benzene rings is 1. The molecule has 0 bridgehead atoms. The first-order valence-electron chi connectivity index (χ1n) is 6.85. The van der Waals surface area contributed by atoms with Gasteiger partial charge in [0.25, 0.3) is 0 Å². The summed E-state index contributed by atoms with van der Waals surface area (Å²) in [5.74, 6) is 0.483. The number of rotatable bonds is 7. The number of nitrogens with zero attached hydrogens (tertiary/aromatic N) is 1. The number of hydrogen-bond acceptors (Lipinski definition) is 3. The van der Waals surface area contributed by atoms with Crippen molar-refractivity contribution in [3.8, 4) is 0 Å². The molecule has 0 saturated carbocycles. The summed E-state index contributed by atoms with van der Waals surface area (Å²) in [7, 11) is 3.77. The van der Waals surface area contributed by atoms with Crippen LogP contribution in [0.2, 0.25) is 5.02 Å². The Bertz CT molecular complexity index is 449. The van der Waals surface area contributed by atoms with Crippen LogP contribution in [0.4, 0.5) is 5.69 Å². The third-order valence-corrected chi connectivity index (χ3v) is 3.28. The third kappa shape index (κ3) is 5.39. The maximum atomic E-state index is 11.8. The van der Waals surface area contributed by atoms with Crippen LogP contribution in [0.15, 0.2) is 18.2 Å². The molecule has 0 radical (unpaired) electrons. The van der Waals surface area contributed by atoms with Crippen LogP contribution in [0, 0.1) is 5.92 Å². The predicted octanol–water partition coefficient (Wildman–Crippen LogP) is 2.27. The maximum Gasteiger partial charge on any atom is 0.239 e. The Morgan fingerprint density at radius 3 is 2.65 bits per heavy atom. The molecule has 4 nitrogen and oxygen atoms in total. The third-order valence-electron chi connectivity index (χ3n) is 2.93. The summed E-state index contributed by atoms with van der Waals surface area (Å²) in [6.45, 7) is 5.91. The second-order valence-electron chi connectivity index (χ2n) is 5.36. The van der Waals surface area contributed by atoms with Crippen LogP contribution >= 0.6 is 11.6 Å². The van der Waals surface area contributed by atoms with Crippen LogP contribution < -0.4 is 15.5 Å². The largest absolute Gasteiger partial charge is 0.365 e. The molecule has 112 valence electrons. The summed E-state index contributed by atoms with van der Waals surface area (Å²) in [6.07, 6.45) is 0. The standard InChI is InChI=1S/C15H24ClN3O/c1-11(2)8-18-15(20)10-19(4)13-6-5-12(9-17-3)14(16)7-13/h5-7,11,17H,8-10H2,1-4H3,(H,18,20). The van der Waals surface area contributed by atoms with Gasteiger partial charge in [0.2, 0.25) is 5.91 Å². The summed E-state index contributed by atoms with van der Waals surface area (Å²) >= 11 is 6.22. The fourth-order valence-electron chi connectivity index (χ4n) is 1.79. The van der Waals surface area contributed by atoms with Gasteiger partial charge in [-0.15, -0.1) is 0 Å². The van der Waals surface area contributed by atoms with E-state index in [9.17, 15) is 4.79 Å². The lowest BCUT2D eigenvalue weighted by Gasteiger charge is -2.20. The van der Waals surface area contributed by atoms with E-state index in [1.807, 2.05) is 37.2 Å². The van der Waals surface area contributed by atoms with Crippen molar-refractivity contribution in [2.45, 2.75) is 20.4 Å². The number of nitrogens with one attached hydrogen (secondary N) is 2. The quantitative estimate of drug-likeness (QED) is 0.811. The first-order chi connectivity index (χ1) is 9.43. The molecule has 1 amide bonds. The molecule has 2 N–H and O–H groups in total. The molecule has 0 aliphatic carbocycles. The normalized spacial score (nSPS) is 10.7. The Labute approximate surface area is 126 Å². The molecule has 0 unspecified atom stereocenters. The smallest absolute Gasteiger partial charge is 0.239 e. The number of carbonyl (C=O) groups is 1. The van der Waals surface area contributed by atoms with E-state index in [4.69, 9.17) is 11.6 Å². The molecule has 1 aromatic rings. The molecule has 0 aliphatic rings. The van der Waals surface area contributed by atoms with Gasteiger partial charge in [0.1, 0.15) is 0 Å². The predicted molar refractivity (Wildman–Crippen MR) is 85.3 cm³/mol. The fourth-order valence-corrected chi connectivity index (χ4v) is 2.03. The second kappa shape index (κ2) is 8.12. The Morgan fingerprint density at radius 2 is 2.10 bits per heavy atom. The topological polar surface area (TPSA) is 44.4 Å². The molecule has 0 heterocycles. The highest BCUT2D eigenvalue weighted by Crippen LogP contribution is 2.22. The molecule has 1 rings (SSSR count). The monoisotopic (exact) mass is 297 g/mol. The van der Waals surface area contributed by atoms with Crippen LogP contribution in [-0.4, -0.2) is 33.1 Å². The van der Waals surface area contributed by atoms with Crippen molar-refractivity contribution >= 4 is 23.2 Å². The van der Waals surface area contributed by atoms with E-state index in [1.165, 1.54) is 0 Å². The lowest BCUT2D eigenvalue weighted by atomic mass is 10.2. The number of anilines is 1. The Morgan fingerprint density at radius 1 is 1.40 bits per heavy atom. The second-order valence-corrected chi connectivity index (χ2v) is 5.77. The van der Waals surface area contributed by atoms with Gasteiger partial charge in [-0.1, -0.05) is 31.5 Å². The minimum absolute atomic E-state index is 0.0247. The SMILES string of the molecule is CNCc1ccc(N(C)CC(=O)NCC(C)C)cc1Cl. The number of halogens is 1. The molecule has 0 aromatic heterocycles. The van der Waals surface area contributed by atoms with Gasteiger partial charge in [0.05, 0.1) is 6.54 Å². The minimum atomic E-state index is 0.0247. The summed E-state index contributed by atoms with van der Waals surface area (Å²) < 4.78 is 0. The zero-order valence-corrected chi connectivity index (χ0v) is 13.4. The van der Waals surface area contributed by atoms with E-state index >= 15 is 0 Å². The van der Waals surface area contributed by atoms with Crippen molar-refractivity contribution in [3.05, 3.63) is 28.8 Å². The first-order valence-corrected chi connectivity index (χ1v) is 7.22. The number of carbonyl (C=O) groups excluding carboxylic acids is 1. The van der Waals surface area contributed by atoms with Gasteiger partial charge in [-0.2, -0.15) is 0 Å². The average molecular weight is 298 g/mol. The molecule has 0 fully saturated rings. The van der Waals surface area contributed by atoms with E-state index in [0.717, 1.165) is 17.8 Å². The highest BCUT2D eigenvalue weighted by Gasteiger charge is 2.09. The van der Waals surface area contributed by atoms with Gasteiger partial charge < -0.3 is 15.5 Å². The molecular formula is C15H24ClN3O. The average Bonchev–Trinajstić information content (AvgIpc) is 2.39. The molecule has 0 aliphatic heterocycles. The molecular weight excluding hydrogens is 274 g/mol. The van der Waals surface area contributed by atoms with E-state index in [1.54, 1.807) is 0 Å². The molecule has 5 heteroatoms. The van der Waals surface area contributed by atoms with Gasteiger partial charge in [-0.3, -0.25) is 4.79 Å². The minimum Gasteiger partial charge on any atom is -0.365 e. The molecule has 0 spiro atoms.